The summed E-state index contributed by atoms with van der Waals surface area (Å²) in [6, 6.07) is 7.59. The van der Waals surface area contributed by atoms with Crippen LogP contribution in [0.25, 0.3) is 0 Å². The van der Waals surface area contributed by atoms with Crippen molar-refractivity contribution in [1.29, 1.82) is 0 Å². The average Bonchev–Trinajstić information content (AvgIpc) is 2.15. The van der Waals surface area contributed by atoms with Gasteiger partial charge in [0.25, 0.3) is 0 Å². The van der Waals surface area contributed by atoms with E-state index in [4.69, 9.17) is 5.73 Å². The molecule has 0 unspecified atom stereocenters. The minimum absolute atomic E-state index is 0.785. The number of nitrogens with two attached hydrogens (primary N) is 1. The Bertz CT molecular complexity index is 262. The summed E-state index contributed by atoms with van der Waals surface area (Å²) in [6.45, 7) is 2.18. The Kier molecular flexibility index (Phi) is 4.03. The Hall–Kier alpha value is -1.31. The molecule has 0 saturated carbocycles. The molecule has 70 valence electrons. The van der Waals surface area contributed by atoms with Crippen LogP contribution in [0, 0.1) is 0 Å². The molecule has 0 spiro atoms. The summed E-state index contributed by atoms with van der Waals surface area (Å²) in [4.78, 5) is 4.30. The summed E-state index contributed by atoms with van der Waals surface area (Å²) >= 11 is 0. The van der Waals surface area contributed by atoms with Crippen LogP contribution in [0.5, 0.6) is 0 Å². The number of nitrogens with zero attached hydrogens (tertiary/aromatic N) is 1. The molecule has 0 bridgehead atoms. The molecule has 2 N–H and O–H groups in total. The highest BCUT2D eigenvalue weighted by Gasteiger charge is 1.86. The minimum atomic E-state index is 0.785. The fourth-order valence-electron chi connectivity index (χ4n) is 1.03. The van der Waals surface area contributed by atoms with Gasteiger partial charge in [-0.1, -0.05) is 13.3 Å². The first-order valence-electron chi connectivity index (χ1n) is 4.71. The van der Waals surface area contributed by atoms with Gasteiger partial charge in [0.05, 0.1) is 5.69 Å². The molecular formula is C11H16N2. The molecule has 0 fully saturated rings. The Labute approximate surface area is 79.5 Å². The van der Waals surface area contributed by atoms with Gasteiger partial charge in [0.1, 0.15) is 0 Å². The largest absolute Gasteiger partial charge is 0.399 e. The second kappa shape index (κ2) is 5.36. The van der Waals surface area contributed by atoms with Gasteiger partial charge in [-0.2, -0.15) is 0 Å². The highest BCUT2D eigenvalue weighted by Crippen LogP contribution is 2.13. The molecule has 0 aliphatic rings. The van der Waals surface area contributed by atoms with E-state index in [2.05, 4.69) is 11.9 Å². The lowest BCUT2D eigenvalue weighted by molar-refractivity contribution is 0.843. The molecule has 2 nitrogen and oxygen atoms in total. The van der Waals surface area contributed by atoms with Crippen molar-refractivity contribution in [2.24, 2.45) is 4.99 Å². The van der Waals surface area contributed by atoms with E-state index in [0.717, 1.165) is 17.8 Å². The van der Waals surface area contributed by atoms with E-state index in [1.165, 1.54) is 12.8 Å². The van der Waals surface area contributed by atoms with Gasteiger partial charge in [0.15, 0.2) is 0 Å². The van der Waals surface area contributed by atoms with Crippen molar-refractivity contribution in [3.8, 4) is 0 Å². The second-order valence-corrected chi connectivity index (χ2v) is 3.05. The number of hydrogen-bond acceptors (Lipinski definition) is 2. The normalized spacial score (nSPS) is 10.8. The molecule has 0 saturated heterocycles. The Morgan fingerprint density at radius 3 is 2.62 bits per heavy atom. The second-order valence-electron chi connectivity index (χ2n) is 3.05. The SMILES string of the molecule is CCCCC=Nc1ccc(N)cc1. The van der Waals surface area contributed by atoms with Gasteiger partial charge in [-0.05, 0) is 37.1 Å². The van der Waals surface area contributed by atoms with E-state index >= 15 is 0 Å². The zero-order valence-electron chi connectivity index (χ0n) is 8.03. The number of nitrogen functional groups attached to an aromatic ring is 1. The molecule has 1 aromatic carbocycles. The van der Waals surface area contributed by atoms with Gasteiger partial charge < -0.3 is 5.73 Å². The highest BCUT2D eigenvalue weighted by atomic mass is 14.7. The number of aliphatic imine (C=N–C) groups is 1. The van der Waals surface area contributed by atoms with Crippen LogP contribution in [-0.4, -0.2) is 6.21 Å². The average molecular weight is 176 g/mol. The molecule has 0 aromatic heterocycles. The van der Waals surface area contributed by atoms with Gasteiger partial charge in [-0.25, -0.2) is 0 Å². The topological polar surface area (TPSA) is 38.4 Å². The van der Waals surface area contributed by atoms with Crippen LogP contribution in [0.1, 0.15) is 26.2 Å². The van der Waals surface area contributed by atoms with E-state index in [0.29, 0.717) is 0 Å². The van der Waals surface area contributed by atoms with Crippen molar-refractivity contribution < 1.29 is 0 Å². The smallest absolute Gasteiger partial charge is 0.0627 e. The quantitative estimate of drug-likeness (QED) is 0.427. The third kappa shape index (κ3) is 3.74. The highest BCUT2D eigenvalue weighted by molar-refractivity contribution is 5.63. The van der Waals surface area contributed by atoms with E-state index in [-0.39, 0.29) is 0 Å². The number of hydrogen-bond donors (Lipinski definition) is 1. The molecule has 0 aliphatic carbocycles. The maximum Gasteiger partial charge on any atom is 0.0627 e. The van der Waals surface area contributed by atoms with Crippen LogP contribution in [0.15, 0.2) is 29.3 Å². The van der Waals surface area contributed by atoms with E-state index in [1.54, 1.807) is 0 Å². The molecule has 0 heterocycles. The summed E-state index contributed by atoms with van der Waals surface area (Å²) in [5.41, 5.74) is 7.31. The van der Waals surface area contributed by atoms with Crippen molar-refractivity contribution >= 4 is 17.6 Å². The fourth-order valence-corrected chi connectivity index (χ4v) is 1.03. The minimum Gasteiger partial charge on any atom is -0.399 e. The molecule has 1 rings (SSSR count). The molecule has 0 aliphatic heterocycles. The van der Waals surface area contributed by atoms with Crippen molar-refractivity contribution in [3.05, 3.63) is 24.3 Å². The lowest BCUT2D eigenvalue weighted by Crippen LogP contribution is -1.81. The Morgan fingerprint density at radius 2 is 2.00 bits per heavy atom. The van der Waals surface area contributed by atoms with Gasteiger partial charge in [-0.3, -0.25) is 4.99 Å². The maximum absolute atomic E-state index is 5.55. The predicted molar refractivity (Wildman–Crippen MR) is 58.5 cm³/mol. The zero-order chi connectivity index (χ0) is 9.52. The van der Waals surface area contributed by atoms with E-state index in [1.807, 2.05) is 30.5 Å². The van der Waals surface area contributed by atoms with Gasteiger partial charge in [0.2, 0.25) is 0 Å². The van der Waals surface area contributed by atoms with Crippen molar-refractivity contribution in [1.82, 2.24) is 0 Å². The molecule has 0 amide bonds. The van der Waals surface area contributed by atoms with Crippen LogP contribution >= 0.6 is 0 Å². The molecule has 1 aromatic rings. The van der Waals surface area contributed by atoms with Crippen molar-refractivity contribution in [2.45, 2.75) is 26.2 Å². The monoisotopic (exact) mass is 176 g/mol. The summed E-state index contributed by atoms with van der Waals surface area (Å²) in [7, 11) is 0. The number of unbranched alkanes of at least 4 members (excludes halogenated alkanes) is 2. The van der Waals surface area contributed by atoms with Crippen LogP contribution in [0.4, 0.5) is 11.4 Å². The lowest BCUT2D eigenvalue weighted by Gasteiger charge is -1.94. The standard InChI is InChI=1S/C11H16N2/c1-2-3-4-9-13-11-7-5-10(12)6-8-11/h5-9H,2-4,12H2,1H3. The van der Waals surface area contributed by atoms with Crippen LogP contribution in [-0.2, 0) is 0 Å². The number of benzene rings is 1. The Morgan fingerprint density at radius 1 is 1.31 bits per heavy atom. The molecule has 0 radical (unpaired) electrons. The lowest BCUT2D eigenvalue weighted by atomic mass is 10.2. The number of rotatable bonds is 4. The summed E-state index contributed by atoms with van der Waals surface area (Å²) in [5, 5.41) is 0. The van der Waals surface area contributed by atoms with Crippen molar-refractivity contribution in [2.75, 3.05) is 5.73 Å². The van der Waals surface area contributed by atoms with Gasteiger partial charge in [0, 0.05) is 11.9 Å². The van der Waals surface area contributed by atoms with E-state index < -0.39 is 0 Å². The van der Waals surface area contributed by atoms with E-state index in [9.17, 15) is 0 Å². The molecule has 13 heavy (non-hydrogen) atoms. The maximum atomic E-state index is 5.55. The van der Waals surface area contributed by atoms with Crippen LogP contribution in [0.3, 0.4) is 0 Å². The fraction of sp³-hybridized carbons (Fsp3) is 0.364. The molecular weight excluding hydrogens is 160 g/mol. The van der Waals surface area contributed by atoms with Crippen LogP contribution in [0.2, 0.25) is 0 Å². The third-order valence-electron chi connectivity index (χ3n) is 1.82. The predicted octanol–water partition coefficient (Wildman–Crippen LogP) is 3.16. The number of anilines is 1. The zero-order valence-corrected chi connectivity index (χ0v) is 8.03. The first-order chi connectivity index (χ1) is 6.33. The molecule has 0 atom stereocenters. The molecule has 2 heteroatoms. The Balaban J connectivity index is 2.44. The summed E-state index contributed by atoms with van der Waals surface area (Å²) in [6.07, 6.45) is 5.45. The van der Waals surface area contributed by atoms with Crippen LogP contribution < -0.4 is 5.73 Å². The third-order valence-corrected chi connectivity index (χ3v) is 1.82. The van der Waals surface area contributed by atoms with Gasteiger partial charge in [-0.15, -0.1) is 0 Å². The van der Waals surface area contributed by atoms with Crippen molar-refractivity contribution in [3.63, 3.8) is 0 Å². The first kappa shape index (κ1) is 9.78. The summed E-state index contributed by atoms with van der Waals surface area (Å²) < 4.78 is 0. The summed E-state index contributed by atoms with van der Waals surface area (Å²) in [5.74, 6) is 0. The first-order valence-corrected chi connectivity index (χ1v) is 4.71. The van der Waals surface area contributed by atoms with Gasteiger partial charge >= 0.3 is 0 Å².